The number of para-hydroxylation sites is 1. The van der Waals surface area contributed by atoms with E-state index in [0.29, 0.717) is 53.2 Å². The van der Waals surface area contributed by atoms with Crippen molar-refractivity contribution in [1.29, 1.82) is 0 Å². The molecule has 1 aromatic heterocycles. The number of halogens is 1. The quantitative estimate of drug-likeness (QED) is 0.0786. The van der Waals surface area contributed by atoms with Gasteiger partial charge in [-0.05, 0) is 73.8 Å². The number of thioether (sulfide) groups is 1. The summed E-state index contributed by atoms with van der Waals surface area (Å²) in [7, 11) is 3.18. The van der Waals surface area contributed by atoms with Gasteiger partial charge < -0.3 is 30.1 Å². The van der Waals surface area contributed by atoms with Gasteiger partial charge in [0.15, 0.2) is 5.82 Å². The van der Waals surface area contributed by atoms with Crippen LogP contribution in [0.3, 0.4) is 0 Å². The summed E-state index contributed by atoms with van der Waals surface area (Å²) in [5, 5.41) is 10.7. The number of ether oxygens (including phenoxy) is 1. The molecule has 57 heavy (non-hydrogen) atoms. The van der Waals surface area contributed by atoms with Gasteiger partial charge in [0.05, 0.1) is 19.0 Å². The van der Waals surface area contributed by atoms with Crippen LogP contribution in [0.5, 0.6) is 5.75 Å². The maximum Gasteiger partial charge on any atom is 0.255 e. The van der Waals surface area contributed by atoms with E-state index in [1.165, 1.54) is 5.30 Å². The first-order valence-electron chi connectivity index (χ1n) is 18.9. The Hall–Kier alpha value is -4.91. The molecule has 1 unspecified atom stereocenters. The fraction of sp³-hybridized carbons (Fsp3) is 0.366. The molecule has 3 aromatic carbocycles. The molecule has 3 aliphatic rings. The first kappa shape index (κ1) is 40.3. The van der Waals surface area contributed by atoms with Gasteiger partial charge >= 0.3 is 0 Å². The Balaban J connectivity index is 0.909. The molecule has 3 N–H and O–H groups in total. The molecule has 13 nitrogen and oxygen atoms in total. The Morgan fingerprint density at radius 3 is 2.58 bits per heavy atom. The van der Waals surface area contributed by atoms with Crippen molar-refractivity contribution >= 4 is 89.0 Å². The van der Waals surface area contributed by atoms with Crippen LogP contribution in [-0.2, 0) is 20.9 Å². The molecule has 298 valence electrons. The van der Waals surface area contributed by atoms with Gasteiger partial charge in [-0.3, -0.25) is 24.5 Å². The van der Waals surface area contributed by atoms with Gasteiger partial charge in [-0.1, -0.05) is 43.8 Å². The highest BCUT2D eigenvalue weighted by Gasteiger charge is 2.40. The molecule has 2 saturated heterocycles. The number of nitrogens with one attached hydrogen (secondary N) is 3. The minimum absolute atomic E-state index is 0.0830. The number of aromatic nitrogens is 2. The SMILES string of the molecule is COc1cc(N2CCC(N(C)C(=O)CCSc3cccc4c3CN(C3CCC(=O)NC3=O)C4=O)CC2)ccc1Nc1ncc(Cl)c(Nc2ccccc2P(C)C)n1. The summed E-state index contributed by atoms with van der Waals surface area (Å²) < 4.78 is 5.79. The van der Waals surface area contributed by atoms with E-state index in [1.807, 2.05) is 60.5 Å². The van der Waals surface area contributed by atoms with Gasteiger partial charge in [-0.25, -0.2) is 4.98 Å². The molecule has 0 radical (unpaired) electrons. The molecule has 4 amide bonds. The molecule has 0 aliphatic carbocycles. The molecule has 0 bridgehead atoms. The fourth-order valence-corrected chi connectivity index (χ4v) is 9.70. The van der Waals surface area contributed by atoms with E-state index in [4.69, 9.17) is 16.3 Å². The zero-order chi connectivity index (χ0) is 40.2. The summed E-state index contributed by atoms with van der Waals surface area (Å²) in [6, 6.07) is 19.2. The highest BCUT2D eigenvalue weighted by molar-refractivity contribution is 7.99. The number of hydrogen-bond acceptors (Lipinski definition) is 11. The molecule has 4 aromatic rings. The molecular formula is C41H46ClN8O5PS. The number of imide groups is 1. The Bertz CT molecular complexity index is 2180. The van der Waals surface area contributed by atoms with Crippen LogP contribution in [0.25, 0.3) is 0 Å². The van der Waals surface area contributed by atoms with E-state index in [2.05, 4.69) is 50.2 Å². The molecule has 0 saturated carbocycles. The van der Waals surface area contributed by atoms with Gasteiger partial charge in [0, 0.05) is 79.2 Å². The highest BCUT2D eigenvalue weighted by Crippen LogP contribution is 2.37. The normalized spacial score (nSPS) is 17.1. The number of nitrogens with zero attached hydrogens (tertiary/aromatic N) is 5. The third-order valence-electron chi connectivity index (χ3n) is 10.7. The smallest absolute Gasteiger partial charge is 0.255 e. The molecule has 0 spiro atoms. The number of hydrogen-bond donors (Lipinski definition) is 3. The van der Waals surface area contributed by atoms with Crippen molar-refractivity contribution in [3.05, 3.63) is 83.0 Å². The Labute approximate surface area is 343 Å². The van der Waals surface area contributed by atoms with Crippen LogP contribution >= 0.6 is 31.3 Å². The predicted octanol–water partition coefficient (Wildman–Crippen LogP) is 6.36. The minimum Gasteiger partial charge on any atom is -0.494 e. The molecule has 2 fully saturated rings. The number of methoxy groups -OCH3 is 1. The number of fused-ring (bicyclic) bond motifs is 1. The van der Waals surface area contributed by atoms with Crippen molar-refractivity contribution in [3.8, 4) is 5.75 Å². The van der Waals surface area contributed by atoms with Gasteiger partial charge in [0.2, 0.25) is 23.7 Å². The van der Waals surface area contributed by atoms with Gasteiger partial charge in [-0.2, -0.15) is 4.98 Å². The van der Waals surface area contributed by atoms with E-state index in [9.17, 15) is 19.2 Å². The van der Waals surface area contributed by atoms with Crippen molar-refractivity contribution < 1.29 is 23.9 Å². The fourth-order valence-electron chi connectivity index (χ4n) is 7.54. The molecule has 16 heteroatoms. The number of anilines is 5. The van der Waals surface area contributed by atoms with Crippen LogP contribution < -0.4 is 30.9 Å². The van der Waals surface area contributed by atoms with E-state index in [1.54, 1.807) is 36.0 Å². The summed E-state index contributed by atoms with van der Waals surface area (Å²) >= 11 is 8.05. The first-order valence-corrected chi connectivity index (χ1v) is 22.5. The highest BCUT2D eigenvalue weighted by atomic mass is 35.5. The van der Waals surface area contributed by atoms with Crippen molar-refractivity contribution in [1.82, 2.24) is 25.1 Å². The molecule has 3 aliphatic heterocycles. The summed E-state index contributed by atoms with van der Waals surface area (Å²) in [4.78, 5) is 66.5. The zero-order valence-electron chi connectivity index (χ0n) is 32.4. The molecular weight excluding hydrogens is 783 g/mol. The Morgan fingerprint density at radius 1 is 1.04 bits per heavy atom. The zero-order valence-corrected chi connectivity index (χ0v) is 34.8. The summed E-state index contributed by atoms with van der Waals surface area (Å²) in [5.74, 6) is 1.26. The van der Waals surface area contributed by atoms with E-state index >= 15 is 0 Å². The second kappa shape index (κ2) is 17.7. The van der Waals surface area contributed by atoms with Crippen LogP contribution in [0.1, 0.15) is 48.0 Å². The standard InChI is InChI=1S/C41H46ClN8O5PS/c1-48(37(52)18-21-57-35-11-7-8-27-28(35)24-50(40(27)54)32-14-15-36(51)46-39(32)53)25-16-19-49(20-17-25)26-12-13-30(33(22-26)55-2)45-41-43-23-29(42)38(47-41)44-31-9-5-6-10-34(31)56(3)4/h5-13,22-23,25,32H,14-21,24H2,1-4H3,(H,46,51,53)(H2,43,44,45,47). The van der Waals surface area contributed by atoms with Crippen LogP contribution in [0, 0.1) is 0 Å². The summed E-state index contributed by atoms with van der Waals surface area (Å²) in [6.45, 7) is 6.30. The Kier molecular flexibility index (Phi) is 12.5. The monoisotopic (exact) mass is 828 g/mol. The third kappa shape index (κ3) is 8.98. The number of piperidine rings is 2. The van der Waals surface area contributed by atoms with Crippen molar-refractivity contribution in [2.24, 2.45) is 0 Å². The largest absolute Gasteiger partial charge is 0.494 e. The third-order valence-corrected chi connectivity index (χ3v) is 13.4. The minimum atomic E-state index is -0.660. The second-order valence-electron chi connectivity index (χ2n) is 14.4. The van der Waals surface area contributed by atoms with Gasteiger partial charge in [0.1, 0.15) is 16.8 Å². The van der Waals surface area contributed by atoms with Crippen molar-refractivity contribution in [2.45, 2.75) is 55.6 Å². The lowest BCUT2D eigenvalue weighted by Gasteiger charge is -2.38. The van der Waals surface area contributed by atoms with Crippen LogP contribution in [-0.4, -0.2) is 102 Å². The van der Waals surface area contributed by atoms with Gasteiger partial charge in [-0.15, -0.1) is 11.8 Å². The van der Waals surface area contributed by atoms with Crippen molar-refractivity contribution in [2.75, 3.05) is 61.9 Å². The Morgan fingerprint density at radius 2 is 1.82 bits per heavy atom. The maximum atomic E-state index is 13.4. The summed E-state index contributed by atoms with van der Waals surface area (Å²) in [6.07, 6.45) is 4.13. The second-order valence-corrected chi connectivity index (χ2v) is 18.3. The van der Waals surface area contributed by atoms with Gasteiger partial charge in [0.25, 0.3) is 5.91 Å². The van der Waals surface area contributed by atoms with E-state index in [-0.39, 0.29) is 38.1 Å². The predicted molar refractivity (Wildman–Crippen MR) is 227 cm³/mol. The topological polar surface area (TPSA) is 149 Å². The molecule has 1 atom stereocenters. The first-order chi connectivity index (χ1) is 27.5. The number of benzene rings is 3. The lowest BCUT2D eigenvalue weighted by atomic mass is 10.0. The molecule has 7 rings (SSSR count). The number of carbonyl (C=O) groups excluding carboxylic acids is 4. The van der Waals surface area contributed by atoms with Crippen LogP contribution in [0.4, 0.5) is 28.8 Å². The lowest BCUT2D eigenvalue weighted by molar-refractivity contribution is -0.137. The summed E-state index contributed by atoms with van der Waals surface area (Å²) in [5.41, 5.74) is 4.16. The average molecular weight is 829 g/mol. The van der Waals surface area contributed by atoms with Crippen LogP contribution in [0.2, 0.25) is 5.02 Å². The van der Waals surface area contributed by atoms with E-state index in [0.717, 1.165) is 53.5 Å². The number of amides is 4. The number of rotatable bonds is 13. The van der Waals surface area contributed by atoms with Crippen LogP contribution in [0.15, 0.2) is 71.8 Å². The maximum absolute atomic E-state index is 13.4. The van der Waals surface area contributed by atoms with Crippen molar-refractivity contribution in [3.63, 3.8) is 0 Å². The lowest BCUT2D eigenvalue weighted by Crippen LogP contribution is -2.52. The average Bonchev–Trinajstić information content (AvgIpc) is 3.55. The molecule has 4 heterocycles. The van der Waals surface area contributed by atoms with E-state index < -0.39 is 11.9 Å². The number of carbonyl (C=O) groups is 4.